The lowest BCUT2D eigenvalue weighted by Gasteiger charge is -2.16. The number of carbonyl (C=O) groups excluding carboxylic acids is 1. The van der Waals surface area contributed by atoms with Crippen LogP contribution in [0.4, 0.5) is 0 Å². The Kier molecular flexibility index (Phi) is 6.06. The fraction of sp³-hybridized carbons (Fsp3) is 0.588. The predicted octanol–water partition coefficient (Wildman–Crippen LogP) is 3.86. The predicted molar refractivity (Wildman–Crippen MR) is 79.3 cm³/mol. The molecule has 0 bridgehead atoms. The molecule has 1 aliphatic carbocycles. The molecule has 0 radical (unpaired) electrons. The summed E-state index contributed by atoms with van der Waals surface area (Å²) in [5.41, 5.74) is 0.732. The first-order valence-electron chi connectivity index (χ1n) is 7.58. The summed E-state index contributed by atoms with van der Waals surface area (Å²) in [7, 11) is 1.64. The molecule has 0 amide bonds. The Morgan fingerprint density at radius 2 is 1.80 bits per heavy atom. The van der Waals surface area contributed by atoms with Gasteiger partial charge >= 0.3 is 0 Å². The molecule has 0 unspecified atom stereocenters. The third-order valence-electron chi connectivity index (χ3n) is 3.92. The number of rotatable bonds is 6. The lowest BCUT2D eigenvalue weighted by atomic mass is 9.90. The van der Waals surface area contributed by atoms with Gasteiger partial charge in [-0.25, -0.2) is 0 Å². The van der Waals surface area contributed by atoms with Crippen LogP contribution >= 0.6 is 0 Å². The van der Waals surface area contributed by atoms with E-state index in [4.69, 9.17) is 9.47 Å². The van der Waals surface area contributed by atoms with E-state index < -0.39 is 0 Å². The van der Waals surface area contributed by atoms with Crippen LogP contribution in [0.2, 0.25) is 0 Å². The molecule has 0 atom stereocenters. The maximum Gasteiger partial charge on any atom is 0.169 e. The van der Waals surface area contributed by atoms with Gasteiger partial charge in [0, 0.05) is 13.0 Å². The second-order valence-corrected chi connectivity index (χ2v) is 5.39. The molecule has 0 spiro atoms. The molecule has 0 aliphatic heterocycles. The molecular formula is C17H24O3. The number of ether oxygens (including phenoxy) is 2. The van der Waals surface area contributed by atoms with E-state index in [2.05, 4.69) is 0 Å². The molecule has 1 fully saturated rings. The number of methoxy groups -OCH3 is 1. The largest absolute Gasteiger partial charge is 0.490 e. The van der Waals surface area contributed by atoms with Gasteiger partial charge in [0.25, 0.3) is 0 Å². The Labute approximate surface area is 121 Å². The maximum atomic E-state index is 12.7. The van der Waals surface area contributed by atoms with Crippen LogP contribution < -0.4 is 4.74 Å². The van der Waals surface area contributed by atoms with Crippen LogP contribution in [0.1, 0.15) is 48.9 Å². The quantitative estimate of drug-likeness (QED) is 0.449. The summed E-state index contributed by atoms with van der Waals surface area (Å²) in [5, 5.41) is 0. The second-order valence-electron chi connectivity index (χ2n) is 5.39. The zero-order valence-corrected chi connectivity index (χ0v) is 12.3. The first kappa shape index (κ1) is 15.0. The minimum Gasteiger partial charge on any atom is -0.490 e. The van der Waals surface area contributed by atoms with Crippen molar-refractivity contribution in [2.24, 2.45) is 5.92 Å². The van der Waals surface area contributed by atoms with E-state index in [1.165, 1.54) is 25.7 Å². The number of para-hydroxylation sites is 1. The van der Waals surface area contributed by atoms with E-state index in [1.807, 2.05) is 24.3 Å². The van der Waals surface area contributed by atoms with Gasteiger partial charge in [-0.3, -0.25) is 4.79 Å². The lowest BCUT2D eigenvalue weighted by molar-refractivity contribution is 0.0900. The van der Waals surface area contributed by atoms with Crippen LogP contribution in [0, 0.1) is 5.92 Å². The fourth-order valence-electron chi connectivity index (χ4n) is 2.79. The van der Waals surface area contributed by atoms with Gasteiger partial charge in [0.1, 0.15) is 12.4 Å². The van der Waals surface area contributed by atoms with Crippen LogP contribution in [0.15, 0.2) is 24.3 Å². The van der Waals surface area contributed by atoms with Gasteiger partial charge in [-0.05, 0) is 25.0 Å². The van der Waals surface area contributed by atoms with E-state index >= 15 is 0 Å². The molecule has 110 valence electrons. The molecule has 1 saturated carbocycles. The van der Waals surface area contributed by atoms with E-state index in [0.717, 1.165) is 18.4 Å². The third kappa shape index (κ3) is 4.07. The Morgan fingerprint density at radius 3 is 2.50 bits per heavy atom. The number of benzene rings is 1. The zero-order chi connectivity index (χ0) is 14.2. The van der Waals surface area contributed by atoms with Gasteiger partial charge in [-0.15, -0.1) is 0 Å². The van der Waals surface area contributed by atoms with Crippen LogP contribution in [0.5, 0.6) is 5.75 Å². The average Bonchev–Trinajstić information content (AvgIpc) is 2.76. The van der Waals surface area contributed by atoms with Gasteiger partial charge in [0.2, 0.25) is 0 Å². The first-order valence-corrected chi connectivity index (χ1v) is 7.58. The Balaban J connectivity index is 2.07. The molecule has 3 heteroatoms. The summed E-state index contributed by atoms with van der Waals surface area (Å²) in [6.45, 7) is 1.01. The van der Waals surface area contributed by atoms with Gasteiger partial charge in [-0.2, -0.15) is 0 Å². The molecule has 1 aliphatic rings. The standard InChI is InChI=1S/C17H24O3/c1-19-12-13-20-16-11-7-6-10-15(16)17(18)14-8-4-2-3-5-9-14/h6-7,10-11,14H,2-5,8-9,12-13H2,1H3. The molecule has 20 heavy (non-hydrogen) atoms. The molecular weight excluding hydrogens is 252 g/mol. The van der Waals surface area contributed by atoms with Crippen molar-refractivity contribution in [2.45, 2.75) is 38.5 Å². The topological polar surface area (TPSA) is 35.5 Å². The highest BCUT2D eigenvalue weighted by atomic mass is 16.5. The summed E-state index contributed by atoms with van der Waals surface area (Å²) in [6.07, 6.45) is 6.90. The molecule has 1 aromatic rings. The highest BCUT2D eigenvalue weighted by molar-refractivity contribution is 6.00. The molecule has 0 heterocycles. The number of hydrogen-bond acceptors (Lipinski definition) is 3. The van der Waals surface area contributed by atoms with Crippen molar-refractivity contribution in [1.82, 2.24) is 0 Å². The minimum absolute atomic E-state index is 0.171. The van der Waals surface area contributed by atoms with Crippen LogP contribution in [-0.4, -0.2) is 26.1 Å². The van der Waals surface area contributed by atoms with Crippen molar-refractivity contribution >= 4 is 5.78 Å². The lowest BCUT2D eigenvalue weighted by Crippen LogP contribution is -2.16. The minimum atomic E-state index is 0.171. The Morgan fingerprint density at radius 1 is 1.10 bits per heavy atom. The number of ketones is 1. The van der Waals surface area contributed by atoms with Crippen molar-refractivity contribution in [2.75, 3.05) is 20.3 Å². The van der Waals surface area contributed by atoms with Crippen molar-refractivity contribution in [3.8, 4) is 5.75 Å². The fourth-order valence-corrected chi connectivity index (χ4v) is 2.79. The number of Topliss-reactive ketones (excluding diaryl/α,β-unsaturated/α-hetero) is 1. The number of hydrogen-bond donors (Lipinski definition) is 0. The van der Waals surface area contributed by atoms with Gasteiger partial charge < -0.3 is 9.47 Å². The average molecular weight is 276 g/mol. The maximum absolute atomic E-state index is 12.7. The second kappa shape index (κ2) is 8.05. The monoisotopic (exact) mass is 276 g/mol. The van der Waals surface area contributed by atoms with Gasteiger partial charge in [0.05, 0.1) is 12.2 Å². The number of carbonyl (C=O) groups is 1. The highest BCUT2D eigenvalue weighted by Gasteiger charge is 2.23. The van der Waals surface area contributed by atoms with E-state index in [1.54, 1.807) is 7.11 Å². The molecule has 0 aromatic heterocycles. The Hall–Kier alpha value is -1.35. The van der Waals surface area contributed by atoms with Crippen molar-refractivity contribution in [3.05, 3.63) is 29.8 Å². The van der Waals surface area contributed by atoms with E-state index in [9.17, 15) is 4.79 Å². The summed E-state index contributed by atoms with van der Waals surface area (Å²) >= 11 is 0. The SMILES string of the molecule is COCCOc1ccccc1C(=O)C1CCCCCC1. The Bertz CT molecular complexity index is 420. The molecule has 1 aromatic carbocycles. The van der Waals surface area contributed by atoms with Crippen LogP contribution in [0.25, 0.3) is 0 Å². The molecule has 0 saturated heterocycles. The van der Waals surface area contributed by atoms with Crippen molar-refractivity contribution in [3.63, 3.8) is 0 Å². The molecule has 2 rings (SSSR count). The van der Waals surface area contributed by atoms with Crippen molar-refractivity contribution < 1.29 is 14.3 Å². The first-order chi connectivity index (χ1) is 9.83. The van der Waals surface area contributed by atoms with Gasteiger partial charge in [0.15, 0.2) is 5.78 Å². The van der Waals surface area contributed by atoms with E-state index in [0.29, 0.717) is 19.0 Å². The van der Waals surface area contributed by atoms with Crippen LogP contribution in [0.3, 0.4) is 0 Å². The molecule has 3 nitrogen and oxygen atoms in total. The zero-order valence-electron chi connectivity index (χ0n) is 12.3. The normalized spacial score (nSPS) is 16.6. The summed E-state index contributed by atoms with van der Waals surface area (Å²) < 4.78 is 10.7. The third-order valence-corrected chi connectivity index (χ3v) is 3.92. The smallest absolute Gasteiger partial charge is 0.169 e. The summed E-state index contributed by atoms with van der Waals surface area (Å²) in [4.78, 5) is 12.7. The van der Waals surface area contributed by atoms with Gasteiger partial charge in [-0.1, -0.05) is 37.8 Å². The van der Waals surface area contributed by atoms with Crippen LogP contribution in [-0.2, 0) is 4.74 Å². The van der Waals surface area contributed by atoms with Crippen molar-refractivity contribution in [1.29, 1.82) is 0 Å². The summed E-state index contributed by atoms with van der Waals surface area (Å²) in [6, 6.07) is 7.58. The summed E-state index contributed by atoms with van der Waals surface area (Å²) in [5.74, 6) is 1.11. The van der Waals surface area contributed by atoms with E-state index in [-0.39, 0.29) is 11.7 Å². The molecule has 0 N–H and O–H groups in total. The highest BCUT2D eigenvalue weighted by Crippen LogP contribution is 2.29.